The minimum Gasteiger partial charge on any atom is -0.469 e. The lowest BCUT2D eigenvalue weighted by atomic mass is 9.81. The van der Waals surface area contributed by atoms with E-state index in [2.05, 4.69) is 16.1 Å². The highest BCUT2D eigenvalue weighted by Gasteiger charge is 2.38. The minimum atomic E-state index is -4.99. The van der Waals surface area contributed by atoms with Crippen LogP contribution in [0.25, 0.3) is 0 Å². The van der Waals surface area contributed by atoms with Crippen molar-refractivity contribution in [2.75, 3.05) is 32.1 Å². The number of aryl methyl sites for hydroxylation is 2. The third kappa shape index (κ3) is 8.37. The zero-order valence-electron chi connectivity index (χ0n) is 26.5. The van der Waals surface area contributed by atoms with Crippen LogP contribution >= 0.6 is 0 Å². The van der Waals surface area contributed by atoms with Gasteiger partial charge in [-0.3, -0.25) is 4.79 Å². The summed E-state index contributed by atoms with van der Waals surface area (Å²) in [4.78, 5) is 15.9. The number of nitrogens with zero attached hydrogens (tertiary/aromatic N) is 4. The van der Waals surface area contributed by atoms with Gasteiger partial charge in [0, 0.05) is 32.4 Å². The molecule has 0 amide bonds. The average molecular weight is 657 g/mol. The third-order valence-corrected chi connectivity index (χ3v) is 8.85. The molecule has 1 aliphatic heterocycles. The van der Waals surface area contributed by atoms with E-state index in [0.29, 0.717) is 25.3 Å². The summed E-state index contributed by atoms with van der Waals surface area (Å²) in [6.45, 7) is 4.99. The number of alkyl halides is 6. The van der Waals surface area contributed by atoms with Crippen LogP contribution in [-0.2, 0) is 28.4 Å². The van der Waals surface area contributed by atoms with Gasteiger partial charge in [-0.25, -0.2) is 11.0 Å². The van der Waals surface area contributed by atoms with Gasteiger partial charge in [-0.2, -0.15) is 26.3 Å². The number of halogens is 6. The maximum Gasteiger partial charge on any atom is 0.416 e. The molecule has 14 heteroatoms. The third-order valence-electron chi connectivity index (χ3n) is 8.85. The van der Waals surface area contributed by atoms with Crippen LogP contribution in [0.4, 0.5) is 32.0 Å². The molecule has 1 saturated carbocycles. The van der Waals surface area contributed by atoms with Crippen LogP contribution in [0.5, 0.6) is 0 Å². The first-order valence-electron chi connectivity index (χ1n) is 15.3. The SMILES string of the molecule is COC(=O)C1CCC(CN2CCCC(N(Cc3cc(C(F)(F)F)cc(C(F)(F)F)c3)/C(N)=N/N(C)N)c3cc(C)cc(C)c32)CC1. The molecule has 1 unspecified atom stereocenters. The highest BCUT2D eigenvalue weighted by Crippen LogP contribution is 2.43. The van der Waals surface area contributed by atoms with E-state index in [9.17, 15) is 31.1 Å². The molecule has 0 radical (unpaired) electrons. The number of rotatable bonds is 7. The number of hydrogen-bond donors (Lipinski definition) is 2. The van der Waals surface area contributed by atoms with Gasteiger partial charge in [0.2, 0.25) is 5.96 Å². The zero-order valence-corrected chi connectivity index (χ0v) is 26.5. The lowest BCUT2D eigenvalue weighted by Crippen LogP contribution is -2.42. The maximum atomic E-state index is 13.7. The molecule has 1 aliphatic carbocycles. The summed E-state index contributed by atoms with van der Waals surface area (Å²) < 4.78 is 87.3. The molecule has 0 spiro atoms. The molecule has 1 fully saturated rings. The second-order valence-corrected chi connectivity index (χ2v) is 12.4. The van der Waals surface area contributed by atoms with Gasteiger partial charge in [0.05, 0.1) is 30.2 Å². The molecule has 0 saturated heterocycles. The Morgan fingerprint density at radius 1 is 0.978 bits per heavy atom. The quantitative estimate of drug-likeness (QED) is 0.0877. The number of guanidine groups is 1. The van der Waals surface area contributed by atoms with Gasteiger partial charge in [-0.05, 0) is 93.2 Å². The molecule has 8 nitrogen and oxygen atoms in total. The van der Waals surface area contributed by atoms with E-state index < -0.39 is 29.5 Å². The van der Waals surface area contributed by atoms with E-state index in [4.69, 9.17) is 16.3 Å². The van der Waals surface area contributed by atoms with Crippen molar-refractivity contribution in [3.63, 3.8) is 0 Å². The van der Waals surface area contributed by atoms with E-state index >= 15 is 0 Å². The average Bonchev–Trinajstić information content (AvgIpc) is 3.13. The number of fused-ring (bicyclic) bond motifs is 1. The second kappa shape index (κ2) is 14.0. The number of hydrogen-bond acceptors (Lipinski definition) is 6. The van der Waals surface area contributed by atoms with Crippen molar-refractivity contribution in [3.05, 3.63) is 63.7 Å². The normalized spacial score (nSPS) is 21.0. The van der Waals surface area contributed by atoms with Crippen LogP contribution < -0.4 is 16.5 Å². The molecular formula is C32H42F6N6O2. The fourth-order valence-electron chi connectivity index (χ4n) is 6.86. The molecule has 0 bridgehead atoms. The Bertz CT molecular complexity index is 1390. The smallest absolute Gasteiger partial charge is 0.416 e. The van der Waals surface area contributed by atoms with E-state index in [1.807, 2.05) is 19.9 Å². The van der Waals surface area contributed by atoms with Crippen molar-refractivity contribution >= 4 is 17.6 Å². The van der Waals surface area contributed by atoms with Gasteiger partial charge in [0.15, 0.2) is 0 Å². The molecule has 46 heavy (non-hydrogen) atoms. The topological polar surface area (TPSA) is 100 Å². The number of hydrazine groups is 1. The Hall–Kier alpha value is -3.68. The van der Waals surface area contributed by atoms with Crippen LogP contribution in [0, 0.1) is 25.7 Å². The molecule has 2 aromatic carbocycles. The summed E-state index contributed by atoms with van der Waals surface area (Å²) >= 11 is 0. The number of methoxy groups -OCH3 is 1. The predicted molar refractivity (Wildman–Crippen MR) is 163 cm³/mol. The first-order chi connectivity index (χ1) is 21.5. The molecule has 0 aromatic heterocycles. The van der Waals surface area contributed by atoms with Crippen molar-refractivity contribution in [2.45, 2.75) is 77.3 Å². The first-order valence-corrected chi connectivity index (χ1v) is 15.3. The predicted octanol–water partition coefficient (Wildman–Crippen LogP) is 6.50. The van der Waals surface area contributed by atoms with Gasteiger partial charge < -0.3 is 20.3 Å². The monoisotopic (exact) mass is 656 g/mol. The number of carbonyl (C=O) groups excluding carboxylic acids is 1. The Balaban J connectivity index is 1.75. The highest BCUT2D eigenvalue weighted by atomic mass is 19.4. The molecule has 1 atom stereocenters. The lowest BCUT2D eigenvalue weighted by Gasteiger charge is -2.36. The second-order valence-electron chi connectivity index (χ2n) is 12.4. The van der Waals surface area contributed by atoms with Crippen molar-refractivity contribution in [2.24, 2.45) is 28.5 Å². The largest absolute Gasteiger partial charge is 0.469 e. The summed E-state index contributed by atoms with van der Waals surface area (Å²) in [7, 11) is 2.82. The fourth-order valence-corrected chi connectivity index (χ4v) is 6.86. The minimum absolute atomic E-state index is 0.100. The molecule has 2 aliphatic rings. The molecule has 4 rings (SSSR count). The van der Waals surface area contributed by atoms with Gasteiger partial charge in [0.1, 0.15) is 0 Å². The summed E-state index contributed by atoms with van der Waals surface area (Å²) in [6.07, 6.45) is -5.56. The van der Waals surface area contributed by atoms with Crippen LogP contribution in [0.2, 0.25) is 0 Å². The van der Waals surface area contributed by atoms with Gasteiger partial charge in [-0.1, -0.05) is 17.7 Å². The Morgan fingerprint density at radius 2 is 1.59 bits per heavy atom. The Labute approximate surface area is 265 Å². The summed E-state index contributed by atoms with van der Waals surface area (Å²) in [5.41, 5.74) is 7.18. The number of hydrazone groups is 1. The maximum absolute atomic E-state index is 13.7. The lowest BCUT2D eigenvalue weighted by molar-refractivity contribution is -0.147. The summed E-state index contributed by atoms with van der Waals surface area (Å²) in [5, 5.41) is 5.07. The molecular weight excluding hydrogens is 614 g/mol. The number of carbonyl (C=O) groups is 1. The standard InChI is InChI=1S/C32H42F6N6O2/c1-19-12-20(2)28-26(13-19)27(6-5-11-43(28)17-21-7-9-23(10-8-21)29(45)46-4)44(30(39)41-42(3)40)18-22-14-24(31(33,34)35)16-25(15-22)32(36,37)38/h12-16,21,23,27H,5-11,17-18,40H2,1-4H3,(H2,39,41). The van der Waals surface area contributed by atoms with Crippen LogP contribution in [0.3, 0.4) is 0 Å². The van der Waals surface area contributed by atoms with Crippen LogP contribution in [-0.4, -0.2) is 49.2 Å². The number of ether oxygens (including phenoxy) is 1. The first kappa shape index (κ1) is 35.2. The number of esters is 1. The highest BCUT2D eigenvalue weighted by molar-refractivity contribution is 5.79. The van der Waals surface area contributed by atoms with E-state index in [1.54, 1.807) is 4.90 Å². The van der Waals surface area contributed by atoms with Crippen molar-refractivity contribution in [1.82, 2.24) is 10.0 Å². The number of nitrogens with two attached hydrogens (primary N) is 2. The molecule has 2 aromatic rings. The number of anilines is 1. The fraction of sp³-hybridized carbons (Fsp3) is 0.562. The van der Waals surface area contributed by atoms with Crippen LogP contribution in [0.1, 0.15) is 77.9 Å². The molecule has 1 heterocycles. The summed E-state index contributed by atoms with van der Waals surface area (Å²) in [6, 6.07) is 5.08. The van der Waals surface area contributed by atoms with Gasteiger partial charge in [0.25, 0.3) is 0 Å². The summed E-state index contributed by atoms with van der Waals surface area (Å²) in [5.74, 6) is 5.68. The van der Waals surface area contributed by atoms with E-state index in [1.165, 1.54) is 14.2 Å². The van der Waals surface area contributed by atoms with Crippen LogP contribution in [0.15, 0.2) is 35.4 Å². The molecule has 254 valence electrons. The zero-order chi connectivity index (χ0) is 34.0. The van der Waals surface area contributed by atoms with Crippen molar-refractivity contribution in [1.29, 1.82) is 0 Å². The number of benzene rings is 2. The van der Waals surface area contributed by atoms with E-state index in [-0.39, 0.29) is 36.0 Å². The van der Waals surface area contributed by atoms with E-state index in [0.717, 1.165) is 71.9 Å². The Kier molecular flexibility index (Phi) is 10.7. The van der Waals surface area contributed by atoms with Crippen molar-refractivity contribution in [3.8, 4) is 0 Å². The van der Waals surface area contributed by atoms with Gasteiger partial charge >= 0.3 is 18.3 Å². The Morgan fingerprint density at radius 3 is 2.13 bits per heavy atom. The van der Waals surface area contributed by atoms with Gasteiger partial charge in [-0.15, -0.1) is 5.10 Å². The van der Waals surface area contributed by atoms with Crippen molar-refractivity contribution < 1.29 is 35.9 Å². The molecule has 4 N–H and O–H groups in total.